The Bertz CT molecular complexity index is 916. The molecule has 0 spiro atoms. The predicted octanol–water partition coefficient (Wildman–Crippen LogP) is 2.23. The summed E-state index contributed by atoms with van der Waals surface area (Å²) in [6, 6.07) is 6.87. The second kappa shape index (κ2) is 11.7. The van der Waals surface area contributed by atoms with Crippen LogP contribution in [0.1, 0.15) is 23.7 Å². The SMILES string of the molecule is COC(=O)C(CCSC(C)=O)NC(=O)c1ccccc1Oc1nc(OC)cc(OC)n1. The summed E-state index contributed by atoms with van der Waals surface area (Å²) in [6.45, 7) is 1.43. The highest BCUT2D eigenvalue weighted by Gasteiger charge is 2.24. The van der Waals surface area contributed by atoms with E-state index in [1.807, 2.05) is 0 Å². The number of hydrogen-bond acceptors (Lipinski definition) is 10. The molecule has 11 heteroatoms. The Kier molecular flexibility index (Phi) is 9.07. The molecule has 0 bridgehead atoms. The van der Waals surface area contributed by atoms with Crippen molar-refractivity contribution in [3.63, 3.8) is 0 Å². The van der Waals surface area contributed by atoms with E-state index in [4.69, 9.17) is 18.9 Å². The summed E-state index contributed by atoms with van der Waals surface area (Å²) in [5, 5.41) is 2.54. The second-order valence-corrected chi connectivity index (χ2v) is 7.28. The van der Waals surface area contributed by atoms with E-state index in [0.29, 0.717) is 5.75 Å². The predicted molar refractivity (Wildman–Crippen MR) is 113 cm³/mol. The summed E-state index contributed by atoms with van der Waals surface area (Å²) < 4.78 is 20.6. The molecule has 1 amide bonds. The summed E-state index contributed by atoms with van der Waals surface area (Å²) in [4.78, 5) is 44.2. The maximum atomic E-state index is 12.9. The van der Waals surface area contributed by atoms with Crippen LogP contribution in [0.3, 0.4) is 0 Å². The number of hydrogen-bond donors (Lipinski definition) is 1. The number of carbonyl (C=O) groups excluding carboxylic acids is 3. The molecule has 0 fully saturated rings. The Balaban J connectivity index is 2.22. The smallest absolute Gasteiger partial charge is 0.328 e. The number of methoxy groups -OCH3 is 3. The van der Waals surface area contributed by atoms with Crippen LogP contribution in [0.15, 0.2) is 30.3 Å². The van der Waals surface area contributed by atoms with Gasteiger partial charge in [0.05, 0.1) is 33.0 Å². The van der Waals surface area contributed by atoms with Crippen LogP contribution in [-0.4, -0.2) is 60.1 Å². The highest BCUT2D eigenvalue weighted by atomic mass is 32.2. The van der Waals surface area contributed by atoms with Gasteiger partial charge in [0.15, 0.2) is 5.12 Å². The molecule has 0 radical (unpaired) electrons. The third-order valence-electron chi connectivity index (χ3n) is 3.91. The van der Waals surface area contributed by atoms with Gasteiger partial charge in [-0.15, -0.1) is 0 Å². The summed E-state index contributed by atoms with van der Waals surface area (Å²) in [7, 11) is 4.10. The molecule has 1 aromatic heterocycles. The first-order valence-electron chi connectivity index (χ1n) is 9.14. The fourth-order valence-electron chi connectivity index (χ4n) is 2.43. The van der Waals surface area contributed by atoms with Crippen LogP contribution in [0.4, 0.5) is 0 Å². The molecule has 0 aliphatic heterocycles. The van der Waals surface area contributed by atoms with E-state index < -0.39 is 17.9 Å². The molecule has 1 atom stereocenters. The molecule has 1 aromatic carbocycles. The van der Waals surface area contributed by atoms with Gasteiger partial charge in [0.2, 0.25) is 11.8 Å². The number of nitrogens with zero attached hydrogens (tertiary/aromatic N) is 2. The molecular formula is C20H23N3O7S. The molecule has 2 rings (SSSR count). The van der Waals surface area contributed by atoms with Gasteiger partial charge in [0, 0.05) is 12.7 Å². The molecule has 2 aromatic rings. The number of para-hydroxylation sites is 1. The molecule has 1 unspecified atom stereocenters. The number of carbonyl (C=O) groups is 3. The zero-order valence-corrected chi connectivity index (χ0v) is 18.4. The van der Waals surface area contributed by atoms with Crippen LogP contribution in [-0.2, 0) is 14.3 Å². The number of nitrogens with one attached hydrogen (secondary N) is 1. The first-order chi connectivity index (χ1) is 14.9. The van der Waals surface area contributed by atoms with Crippen molar-refractivity contribution in [2.24, 2.45) is 0 Å². The zero-order valence-electron chi connectivity index (χ0n) is 17.5. The molecule has 0 saturated heterocycles. The second-order valence-electron chi connectivity index (χ2n) is 6.01. The zero-order chi connectivity index (χ0) is 22.8. The Labute approximate surface area is 183 Å². The van der Waals surface area contributed by atoms with Gasteiger partial charge in [-0.25, -0.2) is 4.79 Å². The molecule has 0 saturated carbocycles. The van der Waals surface area contributed by atoms with Crippen molar-refractivity contribution in [2.75, 3.05) is 27.1 Å². The molecule has 1 N–H and O–H groups in total. The first kappa shape index (κ1) is 23.9. The van der Waals surface area contributed by atoms with Crippen molar-refractivity contribution in [3.8, 4) is 23.5 Å². The number of benzene rings is 1. The van der Waals surface area contributed by atoms with E-state index in [1.54, 1.807) is 18.2 Å². The normalized spacial score (nSPS) is 11.2. The van der Waals surface area contributed by atoms with Gasteiger partial charge in [-0.05, 0) is 18.6 Å². The summed E-state index contributed by atoms with van der Waals surface area (Å²) in [6.07, 6.45) is 0.224. The minimum atomic E-state index is -0.925. The van der Waals surface area contributed by atoms with Crippen molar-refractivity contribution in [1.29, 1.82) is 0 Å². The molecule has 31 heavy (non-hydrogen) atoms. The van der Waals surface area contributed by atoms with Crippen LogP contribution >= 0.6 is 11.8 Å². The van der Waals surface area contributed by atoms with Gasteiger partial charge in [0.1, 0.15) is 11.8 Å². The molecule has 0 aliphatic carbocycles. The minimum absolute atomic E-state index is 0.0811. The molecule has 166 valence electrons. The summed E-state index contributed by atoms with van der Waals surface area (Å²) in [5.41, 5.74) is 0.154. The van der Waals surface area contributed by atoms with Crippen LogP contribution < -0.4 is 19.5 Å². The van der Waals surface area contributed by atoms with Crippen LogP contribution in [0.25, 0.3) is 0 Å². The lowest BCUT2D eigenvalue weighted by atomic mass is 10.1. The van der Waals surface area contributed by atoms with Crippen LogP contribution in [0.5, 0.6) is 23.5 Å². The quantitative estimate of drug-likeness (QED) is 0.540. The first-order valence-corrected chi connectivity index (χ1v) is 10.1. The lowest BCUT2D eigenvalue weighted by molar-refractivity contribution is -0.142. The average Bonchev–Trinajstić information content (AvgIpc) is 2.77. The fourth-order valence-corrected chi connectivity index (χ4v) is 3.07. The van der Waals surface area contributed by atoms with Gasteiger partial charge < -0.3 is 24.3 Å². The van der Waals surface area contributed by atoms with E-state index >= 15 is 0 Å². The number of aromatic nitrogens is 2. The third kappa shape index (κ3) is 7.14. The van der Waals surface area contributed by atoms with E-state index in [0.717, 1.165) is 11.8 Å². The molecular weight excluding hydrogens is 426 g/mol. The Morgan fingerprint density at radius 3 is 2.29 bits per heavy atom. The van der Waals surface area contributed by atoms with Crippen molar-refractivity contribution >= 4 is 28.8 Å². The topological polar surface area (TPSA) is 126 Å². The standard InChI is InChI=1S/C20H23N3O7S/c1-12(24)31-10-9-14(19(26)29-4)21-18(25)13-7-5-6-8-15(13)30-20-22-16(27-2)11-17(23-20)28-3/h5-8,11,14H,9-10H2,1-4H3,(H,21,25). The Hall–Kier alpha value is -3.34. The van der Waals surface area contributed by atoms with Crippen molar-refractivity contribution < 1.29 is 33.3 Å². The maximum absolute atomic E-state index is 12.9. The monoisotopic (exact) mass is 449 g/mol. The van der Waals surface area contributed by atoms with Crippen molar-refractivity contribution in [2.45, 2.75) is 19.4 Å². The van der Waals surface area contributed by atoms with Gasteiger partial charge >= 0.3 is 12.0 Å². The number of esters is 1. The Morgan fingerprint density at radius 2 is 1.71 bits per heavy atom. The van der Waals surface area contributed by atoms with E-state index in [9.17, 15) is 14.4 Å². The number of thioether (sulfide) groups is 1. The highest BCUT2D eigenvalue weighted by molar-refractivity contribution is 8.13. The largest absolute Gasteiger partial charge is 0.481 e. The number of ether oxygens (including phenoxy) is 4. The Morgan fingerprint density at radius 1 is 1.06 bits per heavy atom. The summed E-state index contributed by atoms with van der Waals surface area (Å²) in [5.74, 6) is -0.220. The van der Waals surface area contributed by atoms with Gasteiger partial charge in [0.25, 0.3) is 5.91 Å². The molecule has 10 nitrogen and oxygen atoms in total. The minimum Gasteiger partial charge on any atom is -0.481 e. The van der Waals surface area contributed by atoms with Gasteiger partial charge in [-0.1, -0.05) is 23.9 Å². The third-order valence-corrected chi connectivity index (χ3v) is 4.76. The van der Waals surface area contributed by atoms with Gasteiger partial charge in [-0.2, -0.15) is 9.97 Å². The molecule has 1 heterocycles. The van der Waals surface area contributed by atoms with Gasteiger partial charge in [-0.3, -0.25) is 9.59 Å². The summed E-state index contributed by atoms with van der Waals surface area (Å²) >= 11 is 1.06. The van der Waals surface area contributed by atoms with Crippen LogP contribution in [0, 0.1) is 0 Å². The maximum Gasteiger partial charge on any atom is 0.328 e. The average molecular weight is 449 g/mol. The van der Waals surface area contributed by atoms with E-state index in [1.165, 1.54) is 40.4 Å². The lowest BCUT2D eigenvalue weighted by Crippen LogP contribution is -2.42. The highest BCUT2D eigenvalue weighted by Crippen LogP contribution is 2.26. The van der Waals surface area contributed by atoms with Crippen molar-refractivity contribution in [3.05, 3.63) is 35.9 Å². The molecule has 0 aliphatic rings. The van der Waals surface area contributed by atoms with E-state index in [2.05, 4.69) is 15.3 Å². The van der Waals surface area contributed by atoms with Crippen molar-refractivity contribution in [1.82, 2.24) is 15.3 Å². The fraction of sp³-hybridized carbons (Fsp3) is 0.350. The van der Waals surface area contributed by atoms with E-state index in [-0.39, 0.29) is 40.6 Å². The number of rotatable bonds is 10. The number of amides is 1. The lowest BCUT2D eigenvalue weighted by Gasteiger charge is -2.17. The van der Waals surface area contributed by atoms with Crippen LogP contribution in [0.2, 0.25) is 0 Å².